The van der Waals surface area contributed by atoms with Gasteiger partial charge in [-0.3, -0.25) is 9.79 Å². The van der Waals surface area contributed by atoms with Gasteiger partial charge in [-0.1, -0.05) is 96.1 Å². The van der Waals surface area contributed by atoms with E-state index in [0.717, 1.165) is 28.8 Å². The van der Waals surface area contributed by atoms with Crippen LogP contribution < -0.4 is 5.73 Å². The average Bonchev–Trinajstić information content (AvgIpc) is 2.87. The smallest absolute Gasteiger partial charge is 0.150 e. The normalized spacial score (nSPS) is 9.41. The number of carbonyl (C=O) groups is 1. The number of aldehydes is 1. The molecule has 4 rings (SSSR count). The van der Waals surface area contributed by atoms with Gasteiger partial charge < -0.3 is 5.73 Å². The molecule has 4 aromatic carbocycles. The molecule has 0 saturated heterocycles. The van der Waals surface area contributed by atoms with Crippen molar-refractivity contribution in [3.63, 3.8) is 0 Å². The maximum atomic E-state index is 10.1. The first kappa shape index (κ1) is 28.6. The zero-order chi connectivity index (χ0) is 25.0. The fraction of sp³-hybridized carbons (Fsp3) is 0.103. The SMILES string of the molecule is Cc1ccc(C=Nc2ccccc2)cc1.Cc1ccc(C=O)cc1.ClCCl.Nc1ccccc1. The second-order valence-corrected chi connectivity index (χ2v) is 7.85. The predicted molar refractivity (Wildman–Crippen MR) is 149 cm³/mol. The molecule has 4 aromatic rings. The number of nitrogens with zero attached hydrogens (tertiary/aromatic N) is 1. The Kier molecular flexibility index (Phi) is 15.2. The van der Waals surface area contributed by atoms with Crippen LogP contribution >= 0.6 is 23.2 Å². The van der Waals surface area contributed by atoms with Gasteiger partial charge in [-0.2, -0.15) is 0 Å². The number of aryl methyl sites for hydroxylation is 2. The molecule has 0 unspecified atom stereocenters. The summed E-state index contributed by atoms with van der Waals surface area (Å²) in [6.07, 6.45) is 2.73. The van der Waals surface area contributed by atoms with E-state index in [1.54, 1.807) is 0 Å². The van der Waals surface area contributed by atoms with Crippen molar-refractivity contribution >= 4 is 47.1 Å². The van der Waals surface area contributed by atoms with Gasteiger partial charge in [0.05, 0.1) is 11.0 Å². The number of nitrogen functional groups attached to an aromatic ring is 1. The highest BCUT2D eigenvalue weighted by Gasteiger charge is 1.88. The highest BCUT2D eigenvalue weighted by atomic mass is 35.5. The molecule has 0 heterocycles. The predicted octanol–water partition coefficient (Wildman–Crippen LogP) is 8.24. The van der Waals surface area contributed by atoms with Gasteiger partial charge in [0.25, 0.3) is 0 Å². The number of anilines is 1. The van der Waals surface area contributed by atoms with E-state index in [0.29, 0.717) is 0 Å². The number of rotatable bonds is 3. The fourth-order valence-electron chi connectivity index (χ4n) is 2.41. The molecule has 5 heteroatoms. The minimum Gasteiger partial charge on any atom is -0.399 e. The monoisotopic (exact) mass is 492 g/mol. The number of hydrogen-bond acceptors (Lipinski definition) is 3. The highest BCUT2D eigenvalue weighted by Crippen LogP contribution is 2.10. The van der Waals surface area contributed by atoms with Gasteiger partial charge in [0.15, 0.2) is 0 Å². The molecule has 0 radical (unpaired) electrons. The van der Waals surface area contributed by atoms with E-state index < -0.39 is 0 Å². The Morgan fingerprint density at radius 1 is 0.676 bits per heavy atom. The van der Waals surface area contributed by atoms with Crippen molar-refractivity contribution < 1.29 is 4.79 Å². The van der Waals surface area contributed by atoms with Crippen LogP contribution in [0.2, 0.25) is 0 Å². The van der Waals surface area contributed by atoms with Crippen LogP contribution in [-0.2, 0) is 0 Å². The Morgan fingerprint density at radius 2 is 1.09 bits per heavy atom. The van der Waals surface area contributed by atoms with Gasteiger partial charge in [-0.05, 0) is 43.7 Å². The number of para-hydroxylation sites is 2. The molecule has 34 heavy (non-hydrogen) atoms. The van der Waals surface area contributed by atoms with Gasteiger partial charge in [0, 0.05) is 17.5 Å². The molecule has 0 aliphatic carbocycles. The number of halogens is 2. The van der Waals surface area contributed by atoms with Gasteiger partial charge >= 0.3 is 0 Å². The number of aliphatic imine (C=N–C) groups is 1. The standard InChI is InChI=1S/C14H13N.C8H8O.C6H7N.CH2Cl2/c1-12-7-9-13(10-8-12)11-15-14-5-3-2-4-6-14;1-7-2-4-8(6-9)5-3-7;7-6-4-2-1-3-5-6;2-1-3/h2-11H,1H3;2-6H,1H3;1-5H,7H2;1H2. The molecule has 0 aliphatic heterocycles. The summed E-state index contributed by atoms with van der Waals surface area (Å²) < 4.78 is 0. The number of hydrogen-bond donors (Lipinski definition) is 1. The van der Waals surface area contributed by atoms with Gasteiger partial charge in [-0.15, -0.1) is 23.2 Å². The average molecular weight is 493 g/mol. The van der Waals surface area contributed by atoms with Crippen LogP contribution in [-0.4, -0.2) is 17.8 Å². The Bertz CT molecular complexity index is 1070. The van der Waals surface area contributed by atoms with Crippen molar-refractivity contribution in [1.29, 1.82) is 0 Å². The maximum Gasteiger partial charge on any atom is 0.150 e. The third kappa shape index (κ3) is 13.9. The summed E-state index contributed by atoms with van der Waals surface area (Å²) in [4.78, 5) is 14.5. The second kappa shape index (κ2) is 18.1. The first-order valence-corrected chi connectivity index (χ1v) is 11.7. The summed E-state index contributed by atoms with van der Waals surface area (Å²) in [5, 5.41) is 0.194. The lowest BCUT2D eigenvalue weighted by Crippen LogP contribution is -1.80. The molecule has 0 fully saturated rings. The van der Waals surface area contributed by atoms with Crippen LogP contribution in [0.15, 0.2) is 114 Å². The van der Waals surface area contributed by atoms with Crippen LogP contribution in [0.1, 0.15) is 27.0 Å². The van der Waals surface area contributed by atoms with Crippen molar-refractivity contribution in [1.82, 2.24) is 0 Å². The number of nitrogens with two attached hydrogens (primary N) is 1. The van der Waals surface area contributed by atoms with E-state index in [4.69, 9.17) is 28.9 Å². The Labute approximate surface area is 212 Å². The Morgan fingerprint density at radius 3 is 1.47 bits per heavy atom. The van der Waals surface area contributed by atoms with Gasteiger partial charge in [0.1, 0.15) is 6.29 Å². The van der Waals surface area contributed by atoms with Crippen molar-refractivity contribution in [2.24, 2.45) is 4.99 Å². The molecule has 2 N–H and O–H groups in total. The van der Waals surface area contributed by atoms with E-state index in [1.807, 2.05) is 98.1 Å². The Balaban J connectivity index is 0.000000259. The molecule has 0 atom stereocenters. The summed E-state index contributed by atoms with van der Waals surface area (Å²) in [5.74, 6) is 0. The summed E-state index contributed by atoms with van der Waals surface area (Å²) in [5.41, 5.74) is 11.5. The summed E-state index contributed by atoms with van der Waals surface area (Å²) in [6, 6.07) is 35.2. The highest BCUT2D eigenvalue weighted by molar-refractivity contribution is 6.40. The van der Waals surface area contributed by atoms with E-state index in [2.05, 4.69) is 36.2 Å². The zero-order valence-corrected chi connectivity index (χ0v) is 21.0. The lowest BCUT2D eigenvalue weighted by Gasteiger charge is -1.94. The minimum absolute atomic E-state index is 0.194. The third-order valence-corrected chi connectivity index (χ3v) is 4.21. The van der Waals surface area contributed by atoms with E-state index >= 15 is 0 Å². The molecule has 0 spiro atoms. The number of alkyl halides is 2. The largest absolute Gasteiger partial charge is 0.399 e. The molecule has 176 valence electrons. The summed E-state index contributed by atoms with van der Waals surface area (Å²) in [7, 11) is 0. The van der Waals surface area contributed by atoms with Crippen molar-refractivity contribution in [3.8, 4) is 0 Å². The Hall–Kier alpha value is -3.40. The quantitative estimate of drug-likeness (QED) is 0.135. The first-order valence-electron chi connectivity index (χ1n) is 10.6. The molecule has 0 bridgehead atoms. The van der Waals surface area contributed by atoms with E-state index in [9.17, 15) is 4.79 Å². The molecule has 0 saturated carbocycles. The van der Waals surface area contributed by atoms with Crippen LogP contribution in [0, 0.1) is 13.8 Å². The van der Waals surface area contributed by atoms with Crippen LogP contribution in [0.25, 0.3) is 0 Å². The zero-order valence-electron chi connectivity index (χ0n) is 19.4. The first-order chi connectivity index (χ1) is 16.5. The van der Waals surface area contributed by atoms with Crippen molar-refractivity contribution in [2.75, 3.05) is 11.1 Å². The summed E-state index contributed by atoms with van der Waals surface area (Å²) >= 11 is 9.53. The fourth-order valence-corrected chi connectivity index (χ4v) is 2.41. The van der Waals surface area contributed by atoms with Crippen molar-refractivity contribution in [3.05, 3.63) is 131 Å². The lowest BCUT2D eigenvalue weighted by atomic mass is 10.2. The van der Waals surface area contributed by atoms with Gasteiger partial charge in [-0.25, -0.2) is 0 Å². The minimum atomic E-state index is 0.194. The third-order valence-electron chi connectivity index (χ3n) is 4.21. The lowest BCUT2D eigenvalue weighted by molar-refractivity contribution is 0.112. The second-order valence-electron chi connectivity index (χ2n) is 7.04. The summed E-state index contributed by atoms with van der Waals surface area (Å²) in [6.45, 7) is 4.08. The van der Waals surface area contributed by atoms with Crippen LogP contribution in [0.5, 0.6) is 0 Å². The molecule has 0 aromatic heterocycles. The maximum absolute atomic E-state index is 10.1. The van der Waals surface area contributed by atoms with E-state index in [-0.39, 0.29) is 5.34 Å². The molecule has 3 nitrogen and oxygen atoms in total. The number of carbonyl (C=O) groups excluding carboxylic acids is 1. The molecular formula is C29H30Cl2N2O. The topological polar surface area (TPSA) is 55.5 Å². The molecule has 0 amide bonds. The van der Waals surface area contributed by atoms with E-state index in [1.165, 1.54) is 11.1 Å². The molecular weight excluding hydrogens is 463 g/mol. The van der Waals surface area contributed by atoms with Gasteiger partial charge in [0.2, 0.25) is 0 Å². The number of benzene rings is 4. The van der Waals surface area contributed by atoms with Crippen LogP contribution in [0.3, 0.4) is 0 Å². The van der Waals surface area contributed by atoms with Crippen molar-refractivity contribution in [2.45, 2.75) is 13.8 Å². The molecule has 0 aliphatic rings. The van der Waals surface area contributed by atoms with Crippen LogP contribution in [0.4, 0.5) is 11.4 Å².